The van der Waals surface area contributed by atoms with Crippen LogP contribution in [0.2, 0.25) is 0 Å². The second-order valence-electron chi connectivity index (χ2n) is 11.4. The molecule has 2 heterocycles. The molecule has 0 aliphatic carbocycles. The van der Waals surface area contributed by atoms with Gasteiger partial charge in [0.25, 0.3) is 11.8 Å². The number of benzene rings is 2. The lowest BCUT2D eigenvalue weighted by atomic mass is 9.95. The fourth-order valence-corrected chi connectivity index (χ4v) is 5.36. The van der Waals surface area contributed by atoms with Gasteiger partial charge < -0.3 is 25.1 Å². The van der Waals surface area contributed by atoms with Crippen molar-refractivity contribution in [2.75, 3.05) is 6.54 Å². The van der Waals surface area contributed by atoms with Gasteiger partial charge in [0.1, 0.15) is 18.2 Å². The monoisotopic (exact) mass is 580 g/mol. The first-order chi connectivity index (χ1) is 20.0. The van der Waals surface area contributed by atoms with Gasteiger partial charge in [-0.3, -0.25) is 14.5 Å². The number of rotatable bonds is 10. The summed E-state index contributed by atoms with van der Waals surface area (Å²) < 4.78 is 11.3. The number of aliphatic hydroxyl groups is 2. The van der Waals surface area contributed by atoms with Crippen LogP contribution in [0.3, 0.4) is 0 Å². The van der Waals surface area contributed by atoms with E-state index in [4.69, 9.17) is 14.9 Å². The van der Waals surface area contributed by atoms with Crippen LogP contribution < -0.4 is 5.73 Å². The van der Waals surface area contributed by atoms with E-state index in [9.17, 15) is 24.6 Å². The van der Waals surface area contributed by atoms with E-state index in [1.165, 1.54) is 0 Å². The highest BCUT2D eigenvalue weighted by Crippen LogP contribution is 2.34. The number of aromatic nitrogens is 1. The van der Waals surface area contributed by atoms with Crippen molar-refractivity contribution < 1.29 is 33.8 Å². The van der Waals surface area contributed by atoms with E-state index < -0.39 is 42.1 Å². The van der Waals surface area contributed by atoms with Gasteiger partial charge >= 0.3 is 6.09 Å². The summed E-state index contributed by atoms with van der Waals surface area (Å²) in [5.74, 6) is -1.99. The number of aliphatic hydroxyl groups excluding tert-OH is 2. The number of carbonyl (C=O) groups is 3. The average Bonchev–Trinajstić information content (AvgIpc) is 3.63. The molecule has 11 heteroatoms. The fraction of sp³-hybridized carbons (Fsp3) is 0.484. The van der Waals surface area contributed by atoms with E-state index in [0.29, 0.717) is 46.5 Å². The van der Waals surface area contributed by atoms with Gasteiger partial charge in [0.15, 0.2) is 5.58 Å². The largest absolute Gasteiger partial charge is 0.444 e. The molecule has 1 aromatic heterocycles. The van der Waals surface area contributed by atoms with Gasteiger partial charge in [0.05, 0.1) is 18.7 Å². The number of nitrogens with zero attached hydrogens (tertiary/aromatic N) is 3. The Morgan fingerprint density at radius 2 is 1.81 bits per heavy atom. The Balaban J connectivity index is 1.61. The van der Waals surface area contributed by atoms with Crippen molar-refractivity contribution in [1.29, 1.82) is 0 Å². The van der Waals surface area contributed by atoms with Crippen LogP contribution in [0.5, 0.6) is 0 Å². The molecule has 3 aromatic rings. The molecule has 1 fully saturated rings. The molecule has 0 saturated carbocycles. The standard InChI is InChI=1S/C31H40N4O7/c1-18(2)25(32)30(39)35(31(40)41-17-20-9-6-5-7-10-20)29(38)23-11-8-14-34(23)26(19(3)4)27(37)28-33-22-15-21(16-36)12-13-24(22)42-28/h5-7,9-10,12-13,15,18-19,23,25-27,36-37H,8,11,14,16-17,32H2,1-4H3/t23-,25-,26-,27?/m0/s1. The van der Waals surface area contributed by atoms with E-state index in [2.05, 4.69) is 4.98 Å². The third-order valence-corrected chi connectivity index (χ3v) is 7.70. The van der Waals surface area contributed by atoms with Crippen molar-refractivity contribution in [3.63, 3.8) is 0 Å². The molecule has 2 aromatic carbocycles. The number of hydrogen-bond acceptors (Lipinski definition) is 10. The van der Waals surface area contributed by atoms with Crippen LogP contribution in [0, 0.1) is 11.8 Å². The molecule has 1 unspecified atom stereocenters. The van der Waals surface area contributed by atoms with Crippen molar-refractivity contribution >= 4 is 29.0 Å². The van der Waals surface area contributed by atoms with Crippen LogP contribution in [0.25, 0.3) is 11.1 Å². The maximum absolute atomic E-state index is 14.0. The Morgan fingerprint density at radius 1 is 1.10 bits per heavy atom. The molecule has 0 radical (unpaired) electrons. The van der Waals surface area contributed by atoms with Gasteiger partial charge in [0.2, 0.25) is 5.89 Å². The minimum absolute atomic E-state index is 0.0777. The van der Waals surface area contributed by atoms with Crippen LogP contribution in [0.4, 0.5) is 4.79 Å². The summed E-state index contributed by atoms with van der Waals surface area (Å²) in [6.45, 7) is 7.46. The molecule has 1 saturated heterocycles. The summed E-state index contributed by atoms with van der Waals surface area (Å²) in [4.78, 5) is 47.6. The van der Waals surface area contributed by atoms with Gasteiger partial charge in [-0.2, -0.15) is 4.90 Å². The normalized spacial score (nSPS) is 17.9. The zero-order valence-corrected chi connectivity index (χ0v) is 24.5. The van der Waals surface area contributed by atoms with Gasteiger partial charge in [-0.25, -0.2) is 9.78 Å². The fourth-order valence-electron chi connectivity index (χ4n) is 5.36. The van der Waals surface area contributed by atoms with E-state index in [1.807, 2.05) is 24.8 Å². The zero-order valence-electron chi connectivity index (χ0n) is 24.5. The first-order valence-electron chi connectivity index (χ1n) is 14.3. The summed E-state index contributed by atoms with van der Waals surface area (Å²) in [6, 6.07) is 11.4. The van der Waals surface area contributed by atoms with Crippen molar-refractivity contribution in [3.8, 4) is 0 Å². The number of nitrogens with two attached hydrogens (primary N) is 1. The molecule has 0 spiro atoms. The Hall–Kier alpha value is -3.64. The number of carbonyl (C=O) groups excluding carboxylic acids is 3. The number of imide groups is 3. The SMILES string of the molecule is CC(C)[C@@H](C(O)c1nc2cc(CO)ccc2o1)N1CCC[C@H]1C(=O)N(C(=O)OCc1ccccc1)C(=O)[C@@H](N)C(C)C. The minimum Gasteiger partial charge on any atom is -0.444 e. The highest BCUT2D eigenvalue weighted by atomic mass is 16.6. The van der Waals surface area contributed by atoms with Gasteiger partial charge in [-0.15, -0.1) is 0 Å². The summed E-state index contributed by atoms with van der Waals surface area (Å²) >= 11 is 0. The van der Waals surface area contributed by atoms with Crippen LogP contribution in [0.1, 0.15) is 63.7 Å². The van der Waals surface area contributed by atoms with E-state index >= 15 is 0 Å². The van der Waals surface area contributed by atoms with E-state index in [1.54, 1.807) is 56.3 Å². The maximum atomic E-state index is 14.0. The summed E-state index contributed by atoms with van der Waals surface area (Å²) in [5.41, 5.74) is 8.44. The van der Waals surface area contributed by atoms with Crippen LogP contribution >= 0.6 is 0 Å². The molecule has 3 amide bonds. The van der Waals surface area contributed by atoms with Crippen molar-refractivity contribution in [2.45, 2.75) is 78.0 Å². The first-order valence-corrected chi connectivity index (χ1v) is 14.3. The molecule has 4 rings (SSSR count). The quantitative estimate of drug-likeness (QED) is 0.324. The molecule has 42 heavy (non-hydrogen) atoms. The van der Waals surface area contributed by atoms with Crippen molar-refractivity contribution in [1.82, 2.24) is 14.8 Å². The highest BCUT2D eigenvalue weighted by molar-refractivity contribution is 6.12. The second-order valence-corrected chi connectivity index (χ2v) is 11.4. The molecule has 0 bridgehead atoms. The minimum atomic E-state index is -1.21. The Kier molecular flexibility index (Phi) is 10.1. The number of amides is 3. The van der Waals surface area contributed by atoms with Crippen LogP contribution in [-0.4, -0.2) is 67.6 Å². The predicted octanol–water partition coefficient (Wildman–Crippen LogP) is 3.52. The smallest absolute Gasteiger partial charge is 0.423 e. The maximum Gasteiger partial charge on any atom is 0.423 e. The third kappa shape index (κ3) is 6.70. The molecular formula is C31H40N4O7. The Labute approximate surface area is 245 Å². The van der Waals surface area contributed by atoms with E-state index in [0.717, 1.165) is 0 Å². The average molecular weight is 581 g/mol. The lowest BCUT2D eigenvalue weighted by molar-refractivity contribution is -0.148. The van der Waals surface area contributed by atoms with Crippen LogP contribution in [-0.2, 0) is 27.5 Å². The Bertz CT molecular complexity index is 1390. The summed E-state index contributed by atoms with van der Waals surface area (Å²) in [5, 5.41) is 21.0. The molecular weight excluding hydrogens is 540 g/mol. The number of hydrogen-bond donors (Lipinski definition) is 3. The number of ether oxygens (including phenoxy) is 1. The zero-order chi connectivity index (χ0) is 30.6. The lowest BCUT2D eigenvalue weighted by Gasteiger charge is -2.38. The van der Waals surface area contributed by atoms with E-state index in [-0.39, 0.29) is 30.9 Å². The topological polar surface area (TPSA) is 159 Å². The molecule has 11 nitrogen and oxygen atoms in total. The molecule has 1 aliphatic heterocycles. The van der Waals surface area contributed by atoms with Crippen molar-refractivity contribution in [3.05, 3.63) is 65.5 Å². The number of likely N-dealkylation sites (tertiary alicyclic amines) is 1. The summed E-state index contributed by atoms with van der Waals surface area (Å²) in [7, 11) is 0. The van der Waals surface area contributed by atoms with Gasteiger partial charge in [-0.05, 0) is 54.5 Å². The molecule has 1 aliphatic rings. The highest BCUT2D eigenvalue weighted by Gasteiger charge is 2.46. The van der Waals surface area contributed by atoms with Gasteiger partial charge in [0, 0.05) is 6.04 Å². The molecule has 226 valence electrons. The molecule has 4 atom stereocenters. The summed E-state index contributed by atoms with van der Waals surface area (Å²) in [6.07, 6.45) is -1.32. The second kappa shape index (κ2) is 13.6. The molecule has 4 N–H and O–H groups in total. The Morgan fingerprint density at radius 3 is 2.45 bits per heavy atom. The number of fused-ring (bicyclic) bond motifs is 1. The number of oxazole rings is 1. The first kappa shape index (κ1) is 31.3. The van der Waals surface area contributed by atoms with Crippen LogP contribution in [0.15, 0.2) is 52.9 Å². The van der Waals surface area contributed by atoms with Gasteiger partial charge in [-0.1, -0.05) is 64.1 Å². The lowest BCUT2D eigenvalue weighted by Crippen LogP contribution is -2.58. The third-order valence-electron chi connectivity index (χ3n) is 7.70. The van der Waals surface area contributed by atoms with Crippen molar-refractivity contribution in [2.24, 2.45) is 17.6 Å². The predicted molar refractivity (Wildman–Crippen MR) is 155 cm³/mol.